The number of amides is 1. The number of carbonyl (C=O) groups excluding carboxylic acids is 1. The lowest BCUT2D eigenvalue weighted by atomic mass is 9.86. The average Bonchev–Trinajstić information content (AvgIpc) is 3.29. The summed E-state index contributed by atoms with van der Waals surface area (Å²) in [5.41, 5.74) is 0. The molecule has 0 spiro atoms. The lowest BCUT2D eigenvalue weighted by Crippen LogP contribution is -2.76. The average molecular weight is 1180 g/mol. The Morgan fingerprint density at radius 1 is 0.618 bits per heavy atom. The number of aliphatic hydroxyl groups excluding tert-OH is 10. The molecule has 1 amide bonds. The Morgan fingerprint density at radius 3 is 1.49 bits per heavy atom. The van der Waals surface area contributed by atoms with Crippen LogP contribution in [-0.4, -0.2) is 252 Å². The van der Waals surface area contributed by atoms with Gasteiger partial charge in [-0.05, 0) is 0 Å². The highest BCUT2D eigenvalue weighted by atomic mass is 19.4. The molecule has 41 heteroatoms. The molecule has 0 radical (unpaired) electrons. The Bertz CT molecular complexity index is 1990. The first-order chi connectivity index (χ1) is 34.0. The molecule has 0 aromatic heterocycles. The van der Waals surface area contributed by atoms with Gasteiger partial charge in [0, 0.05) is 19.8 Å². The number of hydrogen-bond donors (Lipinski definition) is 12. The molecule has 12 N–H and O–H groups in total. The van der Waals surface area contributed by atoms with Crippen molar-refractivity contribution in [1.29, 1.82) is 0 Å². The van der Waals surface area contributed by atoms with E-state index in [1.54, 1.807) is 0 Å². The summed E-state index contributed by atoms with van der Waals surface area (Å²) in [6.07, 6.45) is -47.7. The van der Waals surface area contributed by atoms with Gasteiger partial charge in [0.05, 0.1) is 38.6 Å². The van der Waals surface area contributed by atoms with Gasteiger partial charge in [-0.15, -0.1) is 0 Å². The monoisotopic (exact) mass is 1180 g/mol. The molecule has 20 nitrogen and oxygen atoms in total. The molecule has 0 aromatic carbocycles. The van der Waals surface area contributed by atoms with Crippen LogP contribution in [0.3, 0.4) is 0 Å². The maximum atomic E-state index is 14.6. The smallest absolute Gasteiger partial charge is 0.460 e. The lowest BCUT2D eigenvalue weighted by Gasteiger charge is -2.50. The highest BCUT2D eigenvalue weighted by Crippen LogP contribution is 2.66. The van der Waals surface area contributed by atoms with Crippen LogP contribution in [0.25, 0.3) is 0 Å². The predicted molar refractivity (Wildman–Crippen MR) is 189 cm³/mol. The number of halogens is 21. The van der Waals surface area contributed by atoms with Crippen LogP contribution in [0.5, 0.6) is 0 Å². The van der Waals surface area contributed by atoms with Crippen molar-refractivity contribution < 1.29 is 186 Å². The van der Waals surface area contributed by atoms with E-state index in [1.165, 1.54) is 0 Å². The van der Waals surface area contributed by atoms with Gasteiger partial charge in [0.2, 0.25) is 5.91 Å². The molecule has 0 bridgehead atoms. The minimum absolute atomic E-state index is 0.861. The molecule has 3 fully saturated rings. The van der Waals surface area contributed by atoms with E-state index >= 15 is 0 Å². The molecule has 16 atom stereocenters. The Morgan fingerprint density at radius 2 is 1.07 bits per heavy atom. The number of carboxylic acid groups (broad SMARTS) is 1. The third-order valence-electron chi connectivity index (χ3n) is 11.7. The molecule has 0 saturated carbocycles. The highest BCUT2D eigenvalue weighted by Gasteiger charge is 2.98. The Balaban J connectivity index is 1.87. The van der Waals surface area contributed by atoms with Gasteiger partial charge in [-0.25, -0.2) is 4.79 Å². The fraction of sp³-hybridized carbons (Fsp3) is 0.943. The summed E-state index contributed by atoms with van der Waals surface area (Å²) >= 11 is 0. The van der Waals surface area contributed by atoms with Gasteiger partial charge >= 0.3 is 65.4 Å². The zero-order valence-corrected chi connectivity index (χ0v) is 37.0. The normalized spacial score (nSPS) is 33.2. The van der Waals surface area contributed by atoms with E-state index in [-0.39, 0.29) is 0 Å². The first-order valence-corrected chi connectivity index (χ1v) is 20.6. The molecule has 0 unspecified atom stereocenters. The largest absolute Gasteiger partial charge is 0.477 e. The summed E-state index contributed by atoms with van der Waals surface area (Å²) in [6.45, 7) is -5.85. The van der Waals surface area contributed by atoms with Crippen LogP contribution in [0.1, 0.15) is 19.8 Å². The molecule has 0 aliphatic carbocycles. The van der Waals surface area contributed by atoms with Crippen molar-refractivity contribution >= 4 is 11.9 Å². The van der Waals surface area contributed by atoms with E-state index in [2.05, 4.69) is 10.1 Å². The van der Waals surface area contributed by atoms with Crippen molar-refractivity contribution in [3.05, 3.63) is 0 Å². The summed E-state index contributed by atoms with van der Waals surface area (Å²) in [5.74, 6) is -86.1. The van der Waals surface area contributed by atoms with E-state index in [0.29, 0.717) is 0 Å². The second-order valence-electron chi connectivity index (χ2n) is 16.9. The standard InChI is InChI=1S/C35H42F21NO19/c1-8(61)57-13-9(62)4-25(24(69)70,75-20(13)14(64)10(63)5-58)76-21-15(65)11(6-59)72-23(18(21)68)74-19-12(7-60)73-22(17(67)16(19)66)71-3-2-26(36,37)27(38,39)28(40,41)29(42,43)30(44,45)31(46,47)32(48,49)33(50,51)34(52,53)35(54,55)56/h9-23,58-60,62-68H,2-7H2,1H3,(H,57,61)(H,69,70)/t9-,10+,11+,12+,13+,14+,15-,16+,17+,18+,19+,20+,21-,22+,23-,25-/m0/s1. The number of aliphatic carboxylic acids is 1. The molecular formula is C35H42F21NO19. The van der Waals surface area contributed by atoms with Crippen LogP contribution in [0.2, 0.25) is 0 Å². The van der Waals surface area contributed by atoms with Gasteiger partial charge in [0.25, 0.3) is 5.79 Å². The third kappa shape index (κ3) is 11.2. The minimum atomic E-state index is -9.40. The summed E-state index contributed by atoms with van der Waals surface area (Å²) in [5, 5.41) is 117. The number of rotatable bonds is 23. The molecule has 3 saturated heterocycles. The minimum Gasteiger partial charge on any atom is -0.477 e. The second kappa shape index (κ2) is 22.4. The van der Waals surface area contributed by atoms with Crippen molar-refractivity contribution in [3.63, 3.8) is 0 Å². The van der Waals surface area contributed by atoms with Crippen molar-refractivity contribution in [1.82, 2.24) is 5.32 Å². The summed E-state index contributed by atoms with van der Waals surface area (Å²) in [7, 11) is 0. The number of alkyl halides is 21. The number of carbonyl (C=O) groups is 2. The van der Waals surface area contributed by atoms with Crippen LogP contribution >= 0.6 is 0 Å². The van der Waals surface area contributed by atoms with E-state index in [0.717, 1.165) is 6.92 Å². The summed E-state index contributed by atoms with van der Waals surface area (Å²) in [4.78, 5) is 24.5. The molecule has 76 heavy (non-hydrogen) atoms. The first-order valence-electron chi connectivity index (χ1n) is 20.6. The maximum absolute atomic E-state index is 14.6. The van der Waals surface area contributed by atoms with Gasteiger partial charge in [-0.1, -0.05) is 0 Å². The number of hydrogen-bond acceptors (Lipinski definition) is 18. The van der Waals surface area contributed by atoms with Gasteiger partial charge in [-0.2, -0.15) is 92.2 Å². The molecule has 3 rings (SSSR count). The van der Waals surface area contributed by atoms with Crippen LogP contribution < -0.4 is 5.32 Å². The number of nitrogens with one attached hydrogen (secondary N) is 1. The number of ether oxygens (including phenoxy) is 6. The van der Waals surface area contributed by atoms with E-state index < -0.39 is 208 Å². The zero-order valence-electron chi connectivity index (χ0n) is 37.0. The van der Waals surface area contributed by atoms with E-state index in [4.69, 9.17) is 23.7 Å². The molecule has 3 aliphatic rings. The van der Waals surface area contributed by atoms with Crippen molar-refractivity contribution in [2.75, 3.05) is 26.4 Å². The zero-order chi connectivity index (χ0) is 59.5. The van der Waals surface area contributed by atoms with Crippen molar-refractivity contribution in [2.45, 2.75) is 177 Å². The molecule has 3 aliphatic heterocycles. The SMILES string of the molecule is CC(=O)N[C@H]1[C@H]([C@H](O)[C@H](O)CO)O[C@@](O[C@H]2[C@@H](O)[C@@H](CO)O[C@@H](O[C@H]3[C@H](O)[C@@H](O)[C@H](OCCC(F)(F)C(F)(F)C(F)(F)C(F)(F)C(F)(F)C(F)(F)C(F)(F)C(F)(F)C(F)(F)C(F)(F)F)O[C@@H]3CO)[C@@H]2O)(C(=O)O)C[C@@H]1O. The van der Waals surface area contributed by atoms with Gasteiger partial charge in [0.1, 0.15) is 67.1 Å². The second-order valence-corrected chi connectivity index (χ2v) is 16.9. The molecular weight excluding hydrogens is 1140 g/mol. The fourth-order valence-corrected chi connectivity index (χ4v) is 7.34. The van der Waals surface area contributed by atoms with E-state index in [1.807, 2.05) is 0 Å². The Labute approximate surface area is 407 Å². The maximum Gasteiger partial charge on any atom is 0.460 e. The lowest BCUT2D eigenvalue weighted by molar-refractivity contribution is -0.474. The summed E-state index contributed by atoms with van der Waals surface area (Å²) in [6, 6.07) is -1.81. The van der Waals surface area contributed by atoms with Crippen LogP contribution in [0.15, 0.2) is 0 Å². The molecule has 3 heterocycles. The van der Waals surface area contributed by atoms with Crippen LogP contribution in [0.4, 0.5) is 92.2 Å². The summed E-state index contributed by atoms with van der Waals surface area (Å²) < 4.78 is 320. The Hall–Kier alpha value is -3.17. The third-order valence-corrected chi connectivity index (χ3v) is 11.7. The number of aliphatic hydroxyl groups is 10. The molecule has 448 valence electrons. The first kappa shape index (κ1) is 67.1. The number of carboxylic acids is 1. The van der Waals surface area contributed by atoms with Gasteiger partial charge < -0.3 is 89.9 Å². The highest BCUT2D eigenvalue weighted by molar-refractivity contribution is 5.76. The van der Waals surface area contributed by atoms with Gasteiger partial charge in [0.15, 0.2) is 12.6 Å². The van der Waals surface area contributed by atoms with E-state index in [9.17, 15) is 158 Å². The topological polar surface area (TPSA) is 324 Å². The Kier molecular flexibility index (Phi) is 19.8. The quantitative estimate of drug-likeness (QED) is 0.0573. The predicted octanol–water partition coefficient (Wildman–Crippen LogP) is -0.529. The van der Waals surface area contributed by atoms with Crippen LogP contribution in [-0.2, 0) is 38.0 Å². The van der Waals surface area contributed by atoms with Gasteiger partial charge in [-0.3, -0.25) is 4.79 Å². The molecule has 0 aromatic rings. The van der Waals surface area contributed by atoms with Crippen LogP contribution in [0, 0.1) is 0 Å². The fourth-order valence-electron chi connectivity index (χ4n) is 7.34. The van der Waals surface area contributed by atoms with Crippen molar-refractivity contribution in [2.24, 2.45) is 0 Å². The van der Waals surface area contributed by atoms with Crippen molar-refractivity contribution in [3.8, 4) is 0 Å².